The lowest BCUT2D eigenvalue weighted by molar-refractivity contribution is 0.606. The van der Waals surface area contributed by atoms with Gasteiger partial charge >= 0.3 is 0 Å². The zero-order chi connectivity index (χ0) is 12.4. The minimum absolute atomic E-state index is 0.339. The van der Waals surface area contributed by atoms with Crippen molar-refractivity contribution in [1.82, 2.24) is 9.78 Å². The van der Waals surface area contributed by atoms with Gasteiger partial charge in [0.25, 0.3) is 0 Å². The number of aromatic nitrogens is 2. The molecule has 0 N–H and O–H groups in total. The molecule has 0 unspecified atom stereocenters. The first-order valence-electron chi connectivity index (χ1n) is 5.69. The highest BCUT2D eigenvalue weighted by molar-refractivity contribution is 6.32. The van der Waals surface area contributed by atoms with E-state index in [1.807, 2.05) is 19.9 Å². The molecule has 2 nitrogen and oxygen atoms in total. The van der Waals surface area contributed by atoms with Crippen molar-refractivity contribution >= 4 is 11.6 Å². The Morgan fingerprint density at radius 2 is 2.06 bits per heavy atom. The second-order valence-electron chi connectivity index (χ2n) is 3.82. The summed E-state index contributed by atoms with van der Waals surface area (Å²) in [5.41, 5.74) is 2.25. The van der Waals surface area contributed by atoms with Gasteiger partial charge in [0.2, 0.25) is 0 Å². The minimum atomic E-state index is -0.349. The van der Waals surface area contributed by atoms with Gasteiger partial charge in [0.05, 0.1) is 10.7 Å². The van der Waals surface area contributed by atoms with Crippen LogP contribution in [0.4, 0.5) is 4.39 Å². The fourth-order valence-corrected chi connectivity index (χ4v) is 2.03. The quantitative estimate of drug-likeness (QED) is 0.813. The topological polar surface area (TPSA) is 17.8 Å². The molecule has 0 amide bonds. The van der Waals surface area contributed by atoms with E-state index in [-0.39, 0.29) is 5.82 Å². The third-order valence-corrected chi connectivity index (χ3v) is 3.01. The fourth-order valence-electron chi connectivity index (χ4n) is 1.78. The van der Waals surface area contributed by atoms with E-state index in [2.05, 4.69) is 5.10 Å². The molecule has 0 saturated carbocycles. The molecule has 0 radical (unpaired) electrons. The van der Waals surface area contributed by atoms with Crippen LogP contribution in [0.2, 0.25) is 5.02 Å². The largest absolute Gasteiger partial charge is 0.233 e. The molecule has 17 heavy (non-hydrogen) atoms. The Labute approximate surface area is 105 Å². The molecular formula is C13H14ClFN2. The average molecular weight is 253 g/mol. The van der Waals surface area contributed by atoms with E-state index in [0.29, 0.717) is 10.7 Å². The van der Waals surface area contributed by atoms with Crippen molar-refractivity contribution in [1.29, 1.82) is 0 Å². The van der Waals surface area contributed by atoms with Crippen LogP contribution in [-0.2, 0) is 12.8 Å². The molecule has 2 aromatic rings. The van der Waals surface area contributed by atoms with E-state index >= 15 is 0 Å². The lowest BCUT2D eigenvalue weighted by Crippen LogP contribution is -2.05. The minimum Gasteiger partial charge on any atom is -0.233 e. The van der Waals surface area contributed by atoms with Crippen LogP contribution in [0.3, 0.4) is 0 Å². The molecule has 0 aliphatic rings. The number of benzene rings is 1. The number of halogens is 2. The molecule has 0 saturated heterocycles. The van der Waals surface area contributed by atoms with E-state index in [9.17, 15) is 4.39 Å². The maximum atomic E-state index is 13.8. The van der Waals surface area contributed by atoms with Crippen LogP contribution in [0.25, 0.3) is 5.69 Å². The zero-order valence-corrected chi connectivity index (χ0v) is 10.6. The fraction of sp³-hybridized carbons (Fsp3) is 0.308. The highest BCUT2D eigenvalue weighted by atomic mass is 35.5. The molecule has 0 aliphatic carbocycles. The van der Waals surface area contributed by atoms with Gasteiger partial charge in [-0.15, -0.1) is 0 Å². The number of rotatable bonds is 3. The summed E-state index contributed by atoms with van der Waals surface area (Å²) in [7, 11) is 0. The zero-order valence-electron chi connectivity index (χ0n) is 9.87. The first kappa shape index (κ1) is 12.1. The lowest BCUT2D eigenvalue weighted by Gasteiger charge is -2.08. The number of hydrogen-bond acceptors (Lipinski definition) is 1. The molecule has 0 bridgehead atoms. The maximum Gasteiger partial charge on any atom is 0.150 e. The van der Waals surface area contributed by atoms with Gasteiger partial charge in [0.15, 0.2) is 0 Å². The van der Waals surface area contributed by atoms with E-state index in [4.69, 9.17) is 11.6 Å². The van der Waals surface area contributed by atoms with Crippen LogP contribution in [0, 0.1) is 5.82 Å². The van der Waals surface area contributed by atoms with E-state index < -0.39 is 0 Å². The van der Waals surface area contributed by atoms with Crippen LogP contribution in [-0.4, -0.2) is 9.78 Å². The Morgan fingerprint density at radius 3 is 2.65 bits per heavy atom. The monoisotopic (exact) mass is 252 g/mol. The Bertz CT molecular complexity index is 514. The van der Waals surface area contributed by atoms with Crippen molar-refractivity contribution in [2.24, 2.45) is 0 Å². The third-order valence-electron chi connectivity index (χ3n) is 2.71. The van der Waals surface area contributed by atoms with Gasteiger partial charge in [-0.05, 0) is 31.0 Å². The molecule has 1 heterocycles. The predicted molar refractivity (Wildman–Crippen MR) is 67.3 cm³/mol. The Hall–Kier alpha value is -1.35. The third kappa shape index (κ3) is 2.20. The normalized spacial score (nSPS) is 10.8. The van der Waals surface area contributed by atoms with Crippen LogP contribution in [0.15, 0.2) is 24.3 Å². The van der Waals surface area contributed by atoms with Crippen molar-refractivity contribution in [2.45, 2.75) is 26.7 Å². The van der Waals surface area contributed by atoms with Crippen LogP contribution in [0.1, 0.15) is 25.2 Å². The molecule has 1 aromatic carbocycles. The number of para-hydroxylation sites is 1. The number of nitrogens with zero attached hydrogens (tertiary/aromatic N) is 2. The van der Waals surface area contributed by atoms with E-state index in [0.717, 1.165) is 24.2 Å². The van der Waals surface area contributed by atoms with Gasteiger partial charge in [0.1, 0.15) is 11.5 Å². The second kappa shape index (κ2) is 4.88. The van der Waals surface area contributed by atoms with E-state index in [1.54, 1.807) is 16.8 Å². The second-order valence-corrected chi connectivity index (χ2v) is 4.22. The molecule has 0 fully saturated rings. The van der Waals surface area contributed by atoms with Crippen LogP contribution < -0.4 is 0 Å². The van der Waals surface area contributed by atoms with Crippen LogP contribution >= 0.6 is 11.6 Å². The van der Waals surface area contributed by atoms with Crippen molar-refractivity contribution in [3.05, 3.63) is 46.5 Å². The Balaban J connectivity index is 2.63. The highest BCUT2D eigenvalue weighted by Gasteiger charge is 2.14. The van der Waals surface area contributed by atoms with Gasteiger partial charge in [-0.25, -0.2) is 9.07 Å². The van der Waals surface area contributed by atoms with Crippen molar-refractivity contribution in [2.75, 3.05) is 0 Å². The van der Waals surface area contributed by atoms with Gasteiger partial charge in [-0.1, -0.05) is 31.5 Å². The molecule has 1 aromatic heterocycles. The summed E-state index contributed by atoms with van der Waals surface area (Å²) in [6.07, 6.45) is 1.61. The summed E-state index contributed by atoms with van der Waals surface area (Å²) in [6, 6.07) is 6.65. The summed E-state index contributed by atoms with van der Waals surface area (Å²) in [4.78, 5) is 0. The summed E-state index contributed by atoms with van der Waals surface area (Å²) in [5, 5.41) is 4.76. The standard InChI is InChI=1S/C13H14ClFN2/c1-3-9-8-10(4-2)17(16-9)13-11(14)6-5-7-12(13)15/h5-8H,3-4H2,1-2H3. The highest BCUT2D eigenvalue weighted by Crippen LogP contribution is 2.25. The molecule has 90 valence electrons. The van der Waals surface area contributed by atoms with Gasteiger partial charge in [-0.2, -0.15) is 5.10 Å². The lowest BCUT2D eigenvalue weighted by atomic mass is 10.2. The summed E-state index contributed by atoms with van der Waals surface area (Å²) < 4.78 is 15.4. The molecule has 2 rings (SSSR count). The maximum absolute atomic E-state index is 13.8. The SMILES string of the molecule is CCc1cc(CC)n(-c2c(F)cccc2Cl)n1. The number of hydrogen-bond donors (Lipinski definition) is 0. The van der Waals surface area contributed by atoms with E-state index in [1.165, 1.54) is 6.07 Å². The van der Waals surface area contributed by atoms with Crippen molar-refractivity contribution in [3.63, 3.8) is 0 Å². The molecule has 0 aliphatic heterocycles. The summed E-state index contributed by atoms with van der Waals surface area (Å²) >= 11 is 6.04. The summed E-state index contributed by atoms with van der Waals surface area (Å²) in [5.74, 6) is -0.349. The summed E-state index contributed by atoms with van der Waals surface area (Å²) in [6.45, 7) is 4.04. The Kier molecular flexibility index (Phi) is 3.48. The first-order chi connectivity index (χ1) is 8.17. The average Bonchev–Trinajstić information content (AvgIpc) is 2.72. The van der Waals surface area contributed by atoms with Crippen molar-refractivity contribution in [3.8, 4) is 5.69 Å². The molecule has 0 atom stereocenters. The number of aryl methyl sites for hydroxylation is 2. The smallest absolute Gasteiger partial charge is 0.150 e. The molecule has 0 spiro atoms. The van der Waals surface area contributed by atoms with Crippen molar-refractivity contribution < 1.29 is 4.39 Å². The van der Waals surface area contributed by atoms with Gasteiger partial charge in [-0.3, -0.25) is 0 Å². The predicted octanol–water partition coefficient (Wildman–Crippen LogP) is 3.79. The first-order valence-corrected chi connectivity index (χ1v) is 6.07. The molecular weight excluding hydrogens is 239 g/mol. The van der Waals surface area contributed by atoms with Crippen LogP contribution in [0.5, 0.6) is 0 Å². The van der Waals surface area contributed by atoms with Gasteiger partial charge in [0, 0.05) is 5.69 Å². The Morgan fingerprint density at radius 1 is 1.29 bits per heavy atom. The van der Waals surface area contributed by atoms with Gasteiger partial charge < -0.3 is 0 Å². The molecule has 4 heteroatoms.